The van der Waals surface area contributed by atoms with E-state index in [4.69, 9.17) is 10.6 Å². The summed E-state index contributed by atoms with van der Waals surface area (Å²) in [5.74, 6) is 2.21. The third kappa shape index (κ3) is 8.38. The van der Waals surface area contributed by atoms with Crippen molar-refractivity contribution in [2.75, 3.05) is 46.1 Å². The lowest BCUT2D eigenvalue weighted by Gasteiger charge is -2.33. The largest absolute Gasteiger partial charge is 0.399 e. The molecule has 3 heterocycles. The molecule has 1 aromatic heterocycles. The van der Waals surface area contributed by atoms with Crippen LogP contribution in [0.3, 0.4) is 0 Å². The molecule has 3 fully saturated rings. The third-order valence-corrected chi connectivity index (χ3v) is 7.43. The van der Waals surface area contributed by atoms with Gasteiger partial charge in [-0.25, -0.2) is 4.98 Å². The van der Waals surface area contributed by atoms with Crippen LogP contribution >= 0.6 is 0 Å². The Balaban J connectivity index is 0.000000186. The highest BCUT2D eigenvalue weighted by Crippen LogP contribution is 2.31. The van der Waals surface area contributed by atoms with Crippen LogP contribution in [0.15, 0.2) is 23.5 Å². The second-order valence-corrected chi connectivity index (χ2v) is 9.95. The van der Waals surface area contributed by atoms with E-state index in [-0.39, 0.29) is 5.92 Å². The summed E-state index contributed by atoms with van der Waals surface area (Å²) in [4.78, 5) is 24.5. The average molecular weight is 458 g/mol. The Morgan fingerprint density at radius 2 is 1.76 bits per heavy atom. The van der Waals surface area contributed by atoms with E-state index in [2.05, 4.69) is 27.0 Å². The molecule has 2 saturated heterocycles. The number of nitrogens with two attached hydrogens (primary N) is 1. The van der Waals surface area contributed by atoms with Gasteiger partial charge in [-0.05, 0) is 89.4 Å². The Kier molecular flexibility index (Phi) is 10.6. The molecule has 33 heavy (non-hydrogen) atoms. The van der Waals surface area contributed by atoms with Crippen LogP contribution in [0.25, 0.3) is 0 Å². The number of oxime groups is 1. The van der Waals surface area contributed by atoms with Gasteiger partial charge >= 0.3 is 0 Å². The molecule has 7 nitrogen and oxygen atoms in total. The van der Waals surface area contributed by atoms with Crippen molar-refractivity contribution in [2.45, 2.75) is 64.3 Å². The number of aromatic nitrogens is 1. The highest BCUT2D eigenvalue weighted by atomic mass is 16.6. The fourth-order valence-corrected chi connectivity index (χ4v) is 5.39. The molecule has 2 N–H and O–H groups in total. The summed E-state index contributed by atoms with van der Waals surface area (Å²) in [6.45, 7) is 5.30. The maximum atomic E-state index is 10.6. The van der Waals surface area contributed by atoms with Crippen molar-refractivity contribution in [1.82, 2.24) is 14.8 Å². The summed E-state index contributed by atoms with van der Waals surface area (Å²) < 4.78 is 0. The van der Waals surface area contributed by atoms with Gasteiger partial charge < -0.3 is 20.3 Å². The van der Waals surface area contributed by atoms with Crippen molar-refractivity contribution in [2.24, 2.45) is 22.9 Å². The summed E-state index contributed by atoms with van der Waals surface area (Å²) in [5, 5.41) is 4.39. The molecule has 2 aliphatic heterocycles. The van der Waals surface area contributed by atoms with E-state index in [1.165, 1.54) is 69.3 Å². The first-order valence-corrected chi connectivity index (χ1v) is 12.8. The Bertz CT molecular complexity index is 734. The standard InChI is InChI=1S/C14H26N2O.C12H17N3O/c1-16-10-8-13(9-11-16)14(15-17-2)12-6-4-3-5-7-12;13-12-7-11(1-4-14-12)8-15-5-2-10(9-16)3-6-15/h12-13H,3-11H2,1-2H3;1,4,7,9-10H,2-3,5-6,8H2,(H2,13,14). The van der Waals surface area contributed by atoms with Gasteiger partial charge in [-0.15, -0.1) is 0 Å². The minimum absolute atomic E-state index is 0.263. The van der Waals surface area contributed by atoms with E-state index in [0.29, 0.717) is 17.7 Å². The van der Waals surface area contributed by atoms with E-state index in [1.807, 2.05) is 12.1 Å². The van der Waals surface area contributed by atoms with Gasteiger partial charge in [0.2, 0.25) is 0 Å². The van der Waals surface area contributed by atoms with Gasteiger partial charge in [0.1, 0.15) is 19.2 Å². The summed E-state index contributed by atoms with van der Waals surface area (Å²) in [6.07, 6.45) is 14.1. The van der Waals surface area contributed by atoms with Crippen molar-refractivity contribution >= 4 is 17.8 Å². The van der Waals surface area contributed by atoms with Crippen LogP contribution in [0.2, 0.25) is 0 Å². The molecule has 0 spiro atoms. The van der Waals surface area contributed by atoms with E-state index < -0.39 is 0 Å². The number of nitrogen functional groups attached to an aromatic ring is 1. The van der Waals surface area contributed by atoms with Gasteiger partial charge in [-0.3, -0.25) is 4.90 Å². The Morgan fingerprint density at radius 3 is 2.36 bits per heavy atom. The van der Waals surface area contributed by atoms with Gasteiger partial charge in [0.15, 0.2) is 0 Å². The second kappa shape index (κ2) is 13.7. The molecule has 0 bridgehead atoms. The summed E-state index contributed by atoms with van der Waals surface area (Å²) >= 11 is 0. The lowest BCUT2D eigenvalue weighted by molar-refractivity contribution is -0.112. The van der Waals surface area contributed by atoms with Crippen molar-refractivity contribution in [1.29, 1.82) is 0 Å². The molecule has 0 amide bonds. The van der Waals surface area contributed by atoms with Crippen molar-refractivity contribution in [3.63, 3.8) is 0 Å². The summed E-state index contributed by atoms with van der Waals surface area (Å²) in [5.41, 5.74) is 8.20. The van der Waals surface area contributed by atoms with Crippen LogP contribution in [0, 0.1) is 17.8 Å². The molecular weight excluding hydrogens is 414 g/mol. The number of rotatable bonds is 6. The Labute approximate surface area is 199 Å². The number of anilines is 1. The number of carbonyl (C=O) groups excluding carboxylic acids is 1. The molecule has 1 aromatic rings. The minimum atomic E-state index is 0.263. The molecule has 1 aliphatic carbocycles. The highest BCUT2D eigenvalue weighted by Gasteiger charge is 2.29. The topological polar surface area (TPSA) is 84.0 Å². The molecule has 1 saturated carbocycles. The Morgan fingerprint density at radius 1 is 1.09 bits per heavy atom. The number of nitrogens with zero attached hydrogens (tertiary/aromatic N) is 4. The van der Waals surface area contributed by atoms with E-state index >= 15 is 0 Å². The molecule has 4 rings (SSSR count). The number of likely N-dealkylation sites (tertiary alicyclic amines) is 2. The molecular formula is C26H43N5O2. The van der Waals surface area contributed by atoms with Crippen molar-refractivity contribution < 1.29 is 9.63 Å². The third-order valence-electron chi connectivity index (χ3n) is 7.43. The van der Waals surface area contributed by atoms with Gasteiger partial charge in [0.05, 0.1) is 5.71 Å². The summed E-state index contributed by atoms with van der Waals surface area (Å²) in [6, 6.07) is 3.90. The molecule has 3 aliphatic rings. The monoisotopic (exact) mass is 457 g/mol. The lowest BCUT2D eigenvalue weighted by atomic mass is 9.78. The zero-order chi connectivity index (χ0) is 23.5. The molecule has 7 heteroatoms. The maximum absolute atomic E-state index is 10.6. The Hall–Kier alpha value is -1.99. The molecule has 0 aromatic carbocycles. The first-order valence-electron chi connectivity index (χ1n) is 12.8. The predicted molar refractivity (Wildman–Crippen MR) is 134 cm³/mol. The van der Waals surface area contributed by atoms with E-state index in [1.54, 1.807) is 13.3 Å². The smallest absolute Gasteiger partial charge is 0.123 e. The van der Waals surface area contributed by atoms with E-state index in [9.17, 15) is 4.79 Å². The molecule has 0 atom stereocenters. The zero-order valence-electron chi connectivity index (χ0n) is 20.6. The number of aldehydes is 1. The number of piperidine rings is 2. The highest BCUT2D eigenvalue weighted by molar-refractivity contribution is 5.88. The van der Waals surface area contributed by atoms with Gasteiger partial charge in [-0.1, -0.05) is 24.4 Å². The van der Waals surface area contributed by atoms with Gasteiger partial charge in [0.25, 0.3) is 0 Å². The number of hydrogen-bond acceptors (Lipinski definition) is 7. The minimum Gasteiger partial charge on any atom is -0.399 e. The van der Waals surface area contributed by atoms with Gasteiger partial charge in [0, 0.05) is 30.5 Å². The fraction of sp³-hybridized carbons (Fsp3) is 0.731. The van der Waals surface area contributed by atoms with Crippen molar-refractivity contribution in [3.05, 3.63) is 23.9 Å². The number of carbonyl (C=O) groups is 1. The molecule has 184 valence electrons. The van der Waals surface area contributed by atoms with Crippen LogP contribution < -0.4 is 5.73 Å². The van der Waals surface area contributed by atoms with E-state index in [0.717, 1.165) is 38.8 Å². The average Bonchev–Trinajstić information content (AvgIpc) is 2.85. The zero-order valence-corrected chi connectivity index (χ0v) is 20.6. The fourth-order valence-electron chi connectivity index (χ4n) is 5.39. The lowest BCUT2D eigenvalue weighted by Crippen LogP contribution is -2.36. The van der Waals surface area contributed by atoms with Crippen molar-refractivity contribution in [3.8, 4) is 0 Å². The SMILES string of the molecule is CON=C(C1CCCCC1)C1CCN(C)CC1.Nc1cc(CN2CCC(C=O)CC2)ccn1. The van der Waals surface area contributed by atoms with Crippen LogP contribution in [-0.2, 0) is 16.2 Å². The quantitative estimate of drug-likeness (QED) is 0.395. The maximum Gasteiger partial charge on any atom is 0.123 e. The first-order chi connectivity index (χ1) is 16.1. The second-order valence-electron chi connectivity index (χ2n) is 9.95. The van der Waals surface area contributed by atoms with Crippen LogP contribution in [0.5, 0.6) is 0 Å². The predicted octanol–water partition coefficient (Wildman–Crippen LogP) is 3.99. The molecule has 0 radical (unpaired) electrons. The first kappa shape index (κ1) is 25.6. The van der Waals surface area contributed by atoms with Crippen LogP contribution in [-0.4, -0.2) is 67.1 Å². The summed E-state index contributed by atoms with van der Waals surface area (Å²) in [7, 11) is 3.90. The number of pyridine rings is 1. The van der Waals surface area contributed by atoms with Crippen LogP contribution in [0.1, 0.15) is 63.4 Å². The van der Waals surface area contributed by atoms with Crippen LogP contribution in [0.4, 0.5) is 5.82 Å². The van der Waals surface area contributed by atoms with Gasteiger partial charge in [-0.2, -0.15) is 0 Å². The molecule has 0 unspecified atom stereocenters. The normalized spacial score (nSPS) is 22.4. The number of hydrogen-bond donors (Lipinski definition) is 1.